The fourth-order valence-electron chi connectivity index (χ4n) is 3.53. The number of hydrogen-bond acceptors (Lipinski definition) is 4. The van der Waals surface area contributed by atoms with Crippen LogP contribution in [0.25, 0.3) is 11.0 Å². The van der Waals surface area contributed by atoms with Crippen molar-refractivity contribution in [1.29, 1.82) is 0 Å². The number of H-pyrrole nitrogens is 1. The number of aromatic nitrogens is 3. The molecule has 0 aliphatic carbocycles. The van der Waals surface area contributed by atoms with Gasteiger partial charge in [0, 0.05) is 25.2 Å². The maximum atomic E-state index is 13.0. The summed E-state index contributed by atoms with van der Waals surface area (Å²) in [5.74, 6) is 1.56. The second-order valence-corrected chi connectivity index (χ2v) is 6.52. The first-order valence-corrected chi connectivity index (χ1v) is 9.08. The molecule has 26 heavy (non-hydrogen) atoms. The van der Waals surface area contributed by atoms with Crippen molar-refractivity contribution < 1.29 is 9.53 Å². The molecular formula is C20H22N4O2. The summed E-state index contributed by atoms with van der Waals surface area (Å²) in [5.41, 5.74) is 2.54. The Balaban J connectivity index is 1.56. The Morgan fingerprint density at radius 1 is 1.31 bits per heavy atom. The summed E-state index contributed by atoms with van der Waals surface area (Å²) in [7, 11) is 0. The summed E-state index contributed by atoms with van der Waals surface area (Å²) in [6.45, 7) is 3.77. The van der Waals surface area contributed by atoms with Gasteiger partial charge in [0.05, 0.1) is 17.6 Å². The molecule has 3 heterocycles. The Labute approximate surface area is 152 Å². The molecule has 1 unspecified atom stereocenters. The number of amides is 1. The Kier molecular flexibility index (Phi) is 4.56. The van der Waals surface area contributed by atoms with Crippen molar-refractivity contribution in [2.45, 2.75) is 25.7 Å². The predicted octanol–water partition coefficient (Wildman–Crippen LogP) is 3.38. The number of aromatic amines is 1. The van der Waals surface area contributed by atoms with Crippen molar-refractivity contribution in [3.63, 3.8) is 0 Å². The van der Waals surface area contributed by atoms with Gasteiger partial charge in [0.15, 0.2) is 0 Å². The van der Waals surface area contributed by atoms with Crippen LogP contribution in [0.4, 0.5) is 0 Å². The average Bonchev–Trinajstić information content (AvgIpc) is 3.13. The first-order chi connectivity index (χ1) is 12.8. The van der Waals surface area contributed by atoms with E-state index in [1.807, 2.05) is 36.1 Å². The fraction of sp³-hybridized carbons (Fsp3) is 0.350. The first kappa shape index (κ1) is 16.6. The predicted molar refractivity (Wildman–Crippen MR) is 99.4 cm³/mol. The third-order valence-electron chi connectivity index (χ3n) is 4.79. The molecule has 1 aliphatic heterocycles. The monoisotopic (exact) mass is 350 g/mol. The number of fused-ring (bicyclic) bond motifs is 1. The van der Waals surface area contributed by atoms with E-state index < -0.39 is 0 Å². The minimum Gasteiger partial charge on any atom is -0.477 e. The van der Waals surface area contributed by atoms with E-state index in [0.717, 1.165) is 36.2 Å². The summed E-state index contributed by atoms with van der Waals surface area (Å²) in [5, 5.41) is 0. The minimum atomic E-state index is -0.0256. The summed E-state index contributed by atoms with van der Waals surface area (Å²) in [4.78, 5) is 27.2. The normalized spacial score (nSPS) is 17.4. The topological polar surface area (TPSA) is 71.1 Å². The van der Waals surface area contributed by atoms with Crippen LogP contribution in [0.5, 0.6) is 5.88 Å². The van der Waals surface area contributed by atoms with E-state index >= 15 is 0 Å². The number of nitrogens with one attached hydrogen (secondary N) is 1. The van der Waals surface area contributed by atoms with Crippen molar-refractivity contribution >= 4 is 16.9 Å². The number of benzene rings is 1. The van der Waals surface area contributed by atoms with Gasteiger partial charge in [-0.2, -0.15) is 0 Å². The number of rotatable bonds is 4. The Bertz CT molecular complexity index is 888. The second-order valence-electron chi connectivity index (χ2n) is 6.52. The van der Waals surface area contributed by atoms with E-state index in [2.05, 4.69) is 9.97 Å². The van der Waals surface area contributed by atoms with Gasteiger partial charge in [-0.3, -0.25) is 4.79 Å². The molecule has 1 aromatic carbocycles. The number of likely N-dealkylation sites (tertiary alicyclic amines) is 1. The standard InChI is InChI=1S/C20H22N4O2/c1-2-26-19-15(8-5-11-21-19)20(25)24-12-6-7-14(13-24)18-22-16-9-3-4-10-17(16)23-18/h3-5,8-11,14H,2,6-7,12-13H2,1H3,(H,22,23). The maximum absolute atomic E-state index is 13.0. The summed E-state index contributed by atoms with van der Waals surface area (Å²) in [6.07, 6.45) is 3.63. The highest BCUT2D eigenvalue weighted by atomic mass is 16.5. The van der Waals surface area contributed by atoms with E-state index in [0.29, 0.717) is 24.6 Å². The molecule has 1 saturated heterocycles. The molecular weight excluding hydrogens is 328 g/mol. The Morgan fingerprint density at radius 2 is 2.19 bits per heavy atom. The van der Waals surface area contributed by atoms with Gasteiger partial charge in [-0.1, -0.05) is 12.1 Å². The molecule has 0 bridgehead atoms. The van der Waals surface area contributed by atoms with Gasteiger partial charge in [-0.05, 0) is 44.0 Å². The van der Waals surface area contributed by atoms with Crippen LogP contribution in [0, 0.1) is 0 Å². The molecule has 0 saturated carbocycles. The van der Waals surface area contributed by atoms with E-state index in [1.54, 1.807) is 18.3 Å². The third kappa shape index (κ3) is 3.14. The Morgan fingerprint density at radius 3 is 3.04 bits per heavy atom. The van der Waals surface area contributed by atoms with Crippen LogP contribution in [-0.4, -0.2) is 45.5 Å². The number of piperidine rings is 1. The van der Waals surface area contributed by atoms with Crippen LogP contribution in [-0.2, 0) is 0 Å². The Hall–Kier alpha value is -2.89. The number of para-hydroxylation sites is 2. The van der Waals surface area contributed by atoms with Gasteiger partial charge in [0.2, 0.25) is 5.88 Å². The summed E-state index contributed by atoms with van der Waals surface area (Å²) in [6, 6.07) is 11.6. The van der Waals surface area contributed by atoms with E-state index in [4.69, 9.17) is 9.72 Å². The molecule has 1 fully saturated rings. The number of hydrogen-bond donors (Lipinski definition) is 1. The number of nitrogens with zero attached hydrogens (tertiary/aromatic N) is 3. The third-order valence-corrected chi connectivity index (χ3v) is 4.79. The zero-order chi connectivity index (χ0) is 17.9. The lowest BCUT2D eigenvalue weighted by atomic mass is 9.97. The molecule has 6 nitrogen and oxygen atoms in total. The van der Waals surface area contributed by atoms with Crippen LogP contribution in [0.1, 0.15) is 41.9 Å². The molecule has 0 radical (unpaired) electrons. The average molecular weight is 350 g/mol. The van der Waals surface area contributed by atoms with E-state index in [-0.39, 0.29) is 11.8 Å². The van der Waals surface area contributed by atoms with Crippen LogP contribution in [0.2, 0.25) is 0 Å². The molecule has 6 heteroatoms. The van der Waals surface area contributed by atoms with Gasteiger partial charge in [0.25, 0.3) is 5.91 Å². The highest BCUT2D eigenvalue weighted by Gasteiger charge is 2.29. The van der Waals surface area contributed by atoms with Crippen molar-refractivity contribution in [3.8, 4) is 5.88 Å². The number of pyridine rings is 1. The highest BCUT2D eigenvalue weighted by molar-refractivity contribution is 5.96. The van der Waals surface area contributed by atoms with Crippen molar-refractivity contribution in [1.82, 2.24) is 19.9 Å². The van der Waals surface area contributed by atoms with Crippen LogP contribution in [0.3, 0.4) is 0 Å². The number of imidazole rings is 1. The van der Waals surface area contributed by atoms with Crippen LogP contribution >= 0.6 is 0 Å². The molecule has 134 valence electrons. The molecule has 0 spiro atoms. The zero-order valence-corrected chi connectivity index (χ0v) is 14.8. The SMILES string of the molecule is CCOc1ncccc1C(=O)N1CCCC(c2nc3ccccc3[nH]2)C1. The maximum Gasteiger partial charge on any atom is 0.259 e. The van der Waals surface area contributed by atoms with Crippen molar-refractivity contribution in [3.05, 3.63) is 54.0 Å². The van der Waals surface area contributed by atoms with Gasteiger partial charge in [0.1, 0.15) is 11.4 Å². The lowest BCUT2D eigenvalue weighted by molar-refractivity contribution is 0.0700. The number of ether oxygens (including phenoxy) is 1. The smallest absolute Gasteiger partial charge is 0.259 e. The second kappa shape index (κ2) is 7.15. The highest BCUT2D eigenvalue weighted by Crippen LogP contribution is 2.28. The largest absolute Gasteiger partial charge is 0.477 e. The molecule has 2 aromatic heterocycles. The molecule has 4 rings (SSSR count). The van der Waals surface area contributed by atoms with E-state index in [9.17, 15) is 4.79 Å². The number of carbonyl (C=O) groups is 1. The molecule has 3 aromatic rings. The zero-order valence-electron chi connectivity index (χ0n) is 14.8. The molecule has 1 amide bonds. The quantitative estimate of drug-likeness (QED) is 0.783. The summed E-state index contributed by atoms with van der Waals surface area (Å²) >= 11 is 0. The minimum absolute atomic E-state index is 0.0256. The van der Waals surface area contributed by atoms with Crippen molar-refractivity contribution in [2.24, 2.45) is 0 Å². The lowest BCUT2D eigenvalue weighted by Crippen LogP contribution is -2.39. The summed E-state index contributed by atoms with van der Waals surface area (Å²) < 4.78 is 5.52. The van der Waals surface area contributed by atoms with E-state index in [1.165, 1.54) is 0 Å². The van der Waals surface area contributed by atoms with Crippen LogP contribution < -0.4 is 4.74 Å². The van der Waals surface area contributed by atoms with Gasteiger partial charge < -0.3 is 14.6 Å². The molecule has 1 N–H and O–H groups in total. The van der Waals surface area contributed by atoms with Gasteiger partial charge >= 0.3 is 0 Å². The van der Waals surface area contributed by atoms with Gasteiger partial charge in [-0.25, -0.2) is 9.97 Å². The van der Waals surface area contributed by atoms with Gasteiger partial charge in [-0.15, -0.1) is 0 Å². The fourth-order valence-corrected chi connectivity index (χ4v) is 3.53. The first-order valence-electron chi connectivity index (χ1n) is 9.08. The lowest BCUT2D eigenvalue weighted by Gasteiger charge is -2.32. The van der Waals surface area contributed by atoms with Crippen molar-refractivity contribution in [2.75, 3.05) is 19.7 Å². The molecule has 1 atom stereocenters. The number of carbonyl (C=O) groups excluding carboxylic acids is 1. The van der Waals surface area contributed by atoms with Crippen LogP contribution in [0.15, 0.2) is 42.6 Å². The molecule has 1 aliphatic rings.